The van der Waals surface area contributed by atoms with Gasteiger partial charge in [-0.2, -0.15) is 0 Å². The van der Waals surface area contributed by atoms with Crippen LogP contribution in [0.3, 0.4) is 0 Å². The molecule has 1 aromatic heterocycles. The van der Waals surface area contributed by atoms with E-state index in [0.717, 1.165) is 89.4 Å². The van der Waals surface area contributed by atoms with Crippen molar-refractivity contribution in [3.8, 4) is 23.0 Å². The van der Waals surface area contributed by atoms with E-state index in [-0.39, 0.29) is 47.6 Å². The highest BCUT2D eigenvalue weighted by Crippen LogP contribution is 2.73. The van der Waals surface area contributed by atoms with Crippen LogP contribution in [-0.4, -0.2) is 90.2 Å². The highest BCUT2D eigenvalue weighted by Gasteiger charge is 2.77. The predicted molar refractivity (Wildman–Crippen MR) is 240 cm³/mol. The number of hydrogen-bond acceptors (Lipinski definition) is 10. The van der Waals surface area contributed by atoms with Gasteiger partial charge < -0.3 is 39.2 Å². The third-order valence-electron chi connectivity index (χ3n) is 17.4. The average molecular weight is 870 g/mol. The van der Waals surface area contributed by atoms with Gasteiger partial charge in [-0.1, -0.05) is 84.0 Å². The first kappa shape index (κ1) is 40.9. The summed E-state index contributed by atoms with van der Waals surface area (Å²) in [5, 5.41) is 51.3. The second kappa shape index (κ2) is 13.3. The maximum absolute atomic E-state index is 14.5. The fourth-order valence-corrected chi connectivity index (χ4v) is 14.5. The van der Waals surface area contributed by atoms with E-state index in [2.05, 4.69) is 55.9 Å². The normalized spacial score (nSPS) is 32.5. The van der Waals surface area contributed by atoms with Crippen LogP contribution in [0.2, 0.25) is 0 Å². The van der Waals surface area contributed by atoms with Crippen molar-refractivity contribution in [3.63, 3.8) is 0 Å². The highest BCUT2D eigenvalue weighted by atomic mass is 16.5. The number of rotatable bonds is 8. The fraction of sp³-hybridized carbons (Fsp3) is 0.566. The van der Waals surface area contributed by atoms with Crippen molar-refractivity contribution < 1.29 is 39.4 Å². The summed E-state index contributed by atoms with van der Waals surface area (Å²) in [7, 11) is 0. The molecule has 4 aromatic rings. The number of aromatic nitrogens is 1. The Bertz CT molecular complexity index is 2480. The zero-order valence-electron chi connectivity index (χ0n) is 38.2. The van der Waals surface area contributed by atoms with E-state index in [1.807, 2.05) is 42.5 Å². The number of aromatic hydroxyl groups is 2. The standard InChI is InChI=1S/C53H63N3O8/c1-48(2,3)16-20-54-22-18-50-40-31-12-14-35(57)44(40)63-46(50)42-33(26-52(50,60)37(54)24-31)34-27-53(61)38-25-32-13-15-36(58)45-41(32)51(53,19-23-55(38)21-17-49(4,5)6)47(64-45)43(34)56(42)28-39(59)62-29-30-10-8-7-9-11-30/h7-15,37-38,46-47,57-58,60-61H,16-29H2,1-6H3/t37-,38-,46+,47+,50+,51+,52-,53-/m1/s1. The Morgan fingerprint density at radius 1 is 0.703 bits per heavy atom. The Morgan fingerprint density at radius 3 is 1.62 bits per heavy atom. The number of phenols is 2. The summed E-state index contributed by atoms with van der Waals surface area (Å²) in [4.78, 5) is 19.5. The zero-order chi connectivity index (χ0) is 44.5. The fourth-order valence-electron chi connectivity index (χ4n) is 14.5. The molecule has 11 nitrogen and oxygen atoms in total. The molecule has 5 heterocycles. The number of likely N-dealkylation sites (tertiary alicyclic amines) is 2. The molecule has 2 fully saturated rings. The molecule has 2 spiro atoms. The molecule has 3 aromatic carbocycles. The Morgan fingerprint density at radius 2 is 1.17 bits per heavy atom. The minimum Gasteiger partial charge on any atom is -0.504 e. The number of nitrogens with zero attached hydrogens (tertiary/aromatic N) is 3. The molecular weight excluding hydrogens is 807 g/mol. The van der Waals surface area contributed by atoms with E-state index >= 15 is 0 Å². The molecule has 64 heavy (non-hydrogen) atoms. The maximum atomic E-state index is 14.5. The smallest absolute Gasteiger partial charge is 0.326 e. The Balaban J connectivity index is 1.07. The van der Waals surface area contributed by atoms with Crippen molar-refractivity contribution in [2.45, 2.75) is 152 Å². The van der Waals surface area contributed by atoms with Gasteiger partial charge in [0.2, 0.25) is 0 Å². The van der Waals surface area contributed by atoms with Gasteiger partial charge in [-0.25, -0.2) is 0 Å². The van der Waals surface area contributed by atoms with Gasteiger partial charge in [0, 0.05) is 36.1 Å². The van der Waals surface area contributed by atoms with Crippen molar-refractivity contribution in [3.05, 3.63) is 105 Å². The van der Waals surface area contributed by atoms with Crippen molar-refractivity contribution in [2.75, 3.05) is 26.2 Å². The van der Waals surface area contributed by atoms with Crippen molar-refractivity contribution in [1.82, 2.24) is 14.4 Å². The molecule has 12 rings (SSSR count). The van der Waals surface area contributed by atoms with Gasteiger partial charge in [0.05, 0.1) is 33.4 Å². The quantitative estimate of drug-likeness (QED) is 0.136. The molecular formula is C53H63N3O8. The van der Waals surface area contributed by atoms with Crippen LogP contribution in [0.5, 0.6) is 23.0 Å². The van der Waals surface area contributed by atoms with E-state index in [4.69, 9.17) is 14.2 Å². The lowest BCUT2D eigenvalue weighted by atomic mass is 9.47. The van der Waals surface area contributed by atoms with Crippen molar-refractivity contribution in [1.29, 1.82) is 0 Å². The van der Waals surface area contributed by atoms with Gasteiger partial charge in [0.15, 0.2) is 35.2 Å². The molecule has 4 aliphatic heterocycles. The van der Waals surface area contributed by atoms with Crippen LogP contribution < -0.4 is 9.47 Å². The van der Waals surface area contributed by atoms with E-state index in [1.54, 1.807) is 12.1 Å². The molecule has 0 amide bonds. The molecule has 11 heteroatoms. The van der Waals surface area contributed by atoms with Gasteiger partial charge in [-0.05, 0) is 115 Å². The molecule has 4 N–H and O–H groups in total. The summed E-state index contributed by atoms with van der Waals surface area (Å²) in [6.07, 6.45) is 3.48. The largest absolute Gasteiger partial charge is 0.504 e. The molecule has 8 aliphatic rings. The van der Waals surface area contributed by atoms with Crippen molar-refractivity contribution in [2.24, 2.45) is 10.8 Å². The lowest BCUT2D eigenvalue weighted by Crippen LogP contribution is -2.75. The second-order valence-corrected chi connectivity index (χ2v) is 23.1. The SMILES string of the molecule is CC(C)(C)CCN1CC[C@]23c4c5ccc(O)c4O[C@H]2c2c(c4c(n2CC(=O)OCc2ccccc2)[C@@H]2Oc6c(O)ccc7c6[C@@]26CCN(CCC(C)(C)C)[C@H](C7)[C@]6(O)C4)C[C@@]3(O)[C@H]1C5. The highest BCUT2D eigenvalue weighted by molar-refractivity contribution is 5.73. The Hall–Kier alpha value is -4.55. The third-order valence-corrected chi connectivity index (χ3v) is 17.4. The molecule has 338 valence electrons. The Kier molecular flexibility index (Phi) is 8.50. The number of hydrogen-bond donors (Lipinski definition) is 4. The zero-order valence-corrected chi connectivity index (χ0v) is 38.2. The lowest BCUT2D eigenvalue weighted by Gasteiger charge is -2.63. The van der Waals surface area contributed by atoms with Gasteiger partial charge in [-0.3, -0.25) is 14.6 Å². The number of carbonyl (C=O) groups is 1. The summed E-state index contributed by atoms with van der Waals surface area (Å²) in [5.74, 6) is 0.514. The summed E-state index contributed by atoms with van der Waals surface area (Å²) < 4.78 is 22.5. The minimum absolute atomic E-state index is 0.0473. The monoisotopic (exact) mass is 869 g/mol. The van der Waals surface area contributed by atoms with Gasteiger partial charge in [0.25, 0.3) is 0 Å². The Labute approximate surface area is 375 Å². The number of aliphatic hydroxyl groups is 2. The number of fused-ring (bicyclic) bond motifs is 5. The number of carbonyl (C=O) groups excluding carboxylic acids is 1. The number of benzene rings is 3. The first-order valence-electron chi connectivity index (χ1n) is 23.8. The molecule has 0 unspecified atom stereocenters. The molecule has 0 saturated carbocycles. The summed E-state index contributed by atoms with van der Waals surface area (Å²) in [6, 6.07) is 16.7. The molecule has 4 bridgehead atoms. The lowest BCUT2D eigenvalue weighted by molar-refractivity contribution is -0.176. The first-order valence-corrected chi connectivity index (χ1v) is 23.8. The second-order valence-electron chi connectivity index (χ2n) is 23.1. The van der Waals surface area contributed by atoms with E-state index in [1.165, 1.54) is 0 Å². The topological polar surface area (TPSA) is 137 Å². The minimum atomic E-state index is -1.30. The third kappa shape index (κ3) is 5.27. The summed E-state index contributed by atoms with van der Waals surface area (Å²) in [6.45, 7) is 16.7. The summed E-state index contributed by atoms with van der Waals surface area (Å²) >= 11 is 0. The van der Waals surface area contributed by atoms with E-state index in [0.29, 0.717) is 50.0 Å². The van der Waals surface area contributed by atoms with Crippen LogP contribution in [0.15, 0.2) is 54.6 Å². The van der Waals surface area contributed by atoms with Crippen LogP contribution in [0.25, 0.3) is 0 Å². The average Bonchev–Trinajstić information content (AvgIpc) is 3.86. The van der Waals surface area contributed by atoms with Crippen LogP contribution in [-0.2, 0) is 59.2 Å². The van der Waals surface area contributed by atoms with Crippen LogP contribution in [0, 0.1) is 10.8 Å². The number of phenolic OH excluding ortho intramolecular Hbond substituents is 2. The van der Waals surface area contributed by atoms with Gasteiger partial charge >= 0.3 is 5.97 Å². The summed E-state index contributed by atoms with van der Waals surface area (Å²) in [5.41, 5.74) is 3.98. The van der Waals surface area contributed by atoms with Crippen molar-refractivity contribution >= 4 is 5.97 Å². The molecule has 8 atom stereocenters. The van der Waals surface area contributed by atoms with E-state index in [9.17, 15) is 25.2 Å². The molecule has 0 radical (unpaired) electrons. The maximum Gasteiger partial charge on any atom is 0.326 e. The molecule has 4 aliphatic carbocycles. The van der Waals surface area contributed by atoms with Crippen LogP contribution >= 0.6 is 0 Å². The number of esters is 1. The number of ether oxygens (including phenoxy) is 3. The van der Waals surface area contributed by atoms with Crippen LogP contribution in [0.4, 0.5) is 0 Å². The van der Waals surface area contributed by atoms with Gasteiger partial charge in [0.1, 0.15) is 13.2 Å². The van der Waals surface area contributed by atoms with Gasteiger partial charge in [-0.15, -0.1) is 0 Å². The number of piperidine rings is 2. The molecule has 2 saturated heterocycles. The van der Waals surface area contributed by atoms with Crippen LogP contribution in [0.1, 0.15) is 130 Å². The predicted octanol–water partition coefficient (Wildman–Crippen LogP) is 7.09. The first-order chi connectivity index (χ1) is 30.4. The van der Waals surface area contributed by atoms with E-state index < -0.39 is 40.2 Å².